The predicted octanol–water partition coefficient (Wildman–Crippen LogP) is 4.62. The standard InChI is InChI=1S/C24H21N5O3S/c1-29-14-16(13-26-29)19-10-9-15(11-21(19)25)20-7-4-8-22-23(20)32-24(28-22)27-17-5-3-6-18(12-17)33(2,30)31/h3-14H,25H2,1-2H3,(H,27,28). The summed E-state index contributed by atoms with van der Waals surface area (Å²) in [5.74, 6) is 0. The number of sulfone groups is 1. The highest BCUT2D eigenvalue weighted by molar-refractivity contribution is 7.90. The van der Waals surface area contributed by atoms with E-state index in [1.807, 2.05) is 49.6 Å². The lowest BCUT2D eigenvalue weighted by Gasteiger charge is -2.08. The van der Waals surface area contributed by atoms with Crippen molar-refractivity contribution in [1.82, 2.24) is 14.8 Å². The minimum absolute atomic E-state index is 0.216. The second-order valence-electron chi connectivity index (χ2n) is 7.80. The Morgan fingerprint density at radius 1 is 1.00 bits per heavy atom. The Bertz CT molecular complexity index is 1600. The molecule has 3 aromatic carbocycles. The molecule has 0 saturated heterocycles. The molecule has 0 radical (unpaired) electrons. The molecule has 0 atom stereocenters. The molecule has 0 aliphatic heterocycles. The van der Waals surface area contributed by atoms with Crippen LogP contribution in [0.4, 0.5) is 17.4 Å². The molecule has 2 heterocycles. The molecule has 2 aromatic heterocycles. The summed E-state index contributed by atoms with van der Waals surface area (Å²) in [6.07, 6.45) is 4.86. The molecular formula is C24H21N5O3S. The summed E-state index contributed by atoms with van der Waals surface area (Å²) >= 11 is 0. The number of fused-ring (bicyclic) bond motifs is 1. The minimum atomic E-state index is -3.32. The number of aryl methyl sites for hydroxylation is 1. The number of para-hydroxylation sites is 1. The smallest absolute Gasteiger partial charge is 0.300 e. The van der Waals surface area contributed by atoms with Crippen molar-refractivity contribution in [3.63, 3.8) is 0 Å². The van der Waals surface area contributed by atoms with Crippen molar-refractivity contribution in [2.75, 3.05) is 17.3 Å². The molecule has 33 heavy (non-hydrogen) atoms. The van der Waals surface area contributed by atoms with Gasteiger partial charge in [-0.3, -0.25) is 4.68 Å². The van der Waals surface area contributed by atoms with E-state index in [1.165, 1.54) is 6.26 Å². The Morgan fingerprint density at radius 2 is 1.82 bits per heavy atom. The van der Waals surface area contributed by atoms with Crippen LogP contribution < -0.4 is 11.1 Å². The van der Waals surface area contributed by atoms with Gasteiger partial charge in [0.1, 0.15) is 5.52 Å². The first-order valence-electron chi connectivity index (χ1n) is 10.1. The van der Waals surface area contributed by atoms with E-state index >= 15 is 0 Å². The third-order valence-electron chi connectivity index (χ3n) is 5.31. The molecule has 0 bridgehead atoms. The number of hydrogen-bond acceptors (Lipinski definition) is 7. The SMILES string of the molecule is Cn1cc(-c2ccc(-c3cccc4nc(Nc5cccc(S(C)(=O)=O)c5)oc34)cc2N)cn1. The quantitative estimate of drug-likeness (QED) is 0.368. The Kier molecular flexibility index (Phi) is 4.90. The average Bonchev–Trinajstić information content (AvgIpc) is 3.38. The zero-order chi connectivity index (χ0) is 23.2. The maximum atomic E-state index is 11.8. The summed E-state index contributed by atoms with van der Waals surface area (Å²) in [4.78, 5) is 4.72. The molecule has 0 amide bonds. The Morgan fingerprint density at radius 3 is 2.55 bits per heavy atom. The van der Waals surface area contributed by atoms with Crippen LogP contribution in [-0.4, -0.2) is 29.4 Å². The number of nitrogens with zero attached hydrogens (tertiary/aromatic N) is 3. The summed E-state index contributed by atoms with van der Waals surface area (Å²) in [5.41, 5.74) is 12.4. The van der Waals surface area contributed by atoms with E-state index in [0.29, 0.717) is 22.5 Å². The van der Waals surface area contributed by atoms with Crippen LogP contribution in [0.1, 0.15) is 0 Å². The highest BCUT2D eigenvalue weighted by Crippen LogP contribution is 2.35. The van der Waals surface area contributed by atoms with E-state index in [1.54, 1.807) is 35.1 Å². The molecule has 0 spiro atoms. The monoisotopic (exact) mass is 459 g/mol. The second-order valence-corrected chi connectivity index (χ2v) is 9.82. The third kappa shape index (κ3) is 4.06. The highest BCUT2D eigenvalue weighted by atomic mass is 32.2. The van der Waals surface area contributed by atoms with Gasteiger partial charge in [-0.1, -0.05) is 30.3 Å². The van der Waals surface area contributed by atoms with Gasteiger partial charge in [0.05, 0.1) is 11.1 Å². The summed E-state index contributed by atoms with van der Waals surface area (Å²) < 4.78 is 31.4. The van der Waals surface area contributed by atoms with E-state index in [9.17, 15) is 8.42 Å². The number of oxazole rings is 1. The number of rotatable bonds is 5. The van der Waals surface area contributed by atoms with E-state index < -0.39 is 9.84 Å². The Hall–Kier alpha value is -4.11. The summed E-state index contributed by atoms with van der Waals surface area (Å²) in [6, 6.07) is 18.3. The summed E-state index contributed by atoms with van der Waals surface area (Å²) in [6.45, 7) is 0. The lowest BCUT2D eigenvalue weighted by Crippen LogP contribution is -1.98. The minimum Gasteiger partial charge on any atom is -0.423 e. The molecule has 8 nitrogen and oxygen atoms in total. The molecule has 0 unspecified atom stereocenters. The molecule has 166 valence electrons. The number of benzene rings is 3. The molecule has 5 aromatic rings. The van der Waals surface area contributed by atoms with Gasteiger partial charge in [0.2, 0.25) is 0 Å². The van der Waals surface area contributed by atoms with Gasteiger partial charge < -0.3 is 15.5 Å². The lowest BCUT2D eigenvalue weighted by molar-refractivity contribution is 0.601. The van der Waals surface area contributed by atoms with Gasteiger partial charge in [0, 0.05) is 47.6 Å². The van der Waals surface area contributed by atoms with Crippen molar-refractivity contribution in [2.24, 2.45) is 7.05 Å². The summed E-state index contributed by atoms with van der Waals surface area (Å²) in [5, 5.41) is 7.26. The molecular weight excluding hydrogens is 438 g/mol. The molecule has 9 heteroatoms. The Balaban J connectivity index is 1.51. The first-order chi connectivity index (χ1) is 15.8. The number of anilines is 3. The average molecular weight is 460 g/mol. The fourth-order valence-corrected chi connectivity index (χ4v) is 4.38. The van der Waals surface area contributed by atoms with Gasteiger partial charge in [0.25, 0.3) is 6.01 Å². The first kappa shape index (κ1) is 20.8. The fourth-order valence-electron chi connectivity index (χ4n) is 3.71. The van der Waals surface area contributed by atoms with Crippen LogP contribution in [0.15, 0.2) is 82.4 Å². The molecule has 0 saturated carbocycles. The van der Waals surface area contributed by atoms with E-state index in [-0.39, 0.29) is 10.9 Å². The normalized spacial score (nSPS) is 11.7. The fraction of sp³-hybridized carbons (Fsp3) is 0.0833. The number of nitrogen functional groups attached to an aromatic ring is 1. The third-order valence-corrected chi connectivity index (χ3v) is 6.42. The van der Waals surface area contributed by atoms with Gasteiger partial charge in [-0.15, -0.1) is 0 Å². The zero-order valence-corrected chi connectivity index (χ0v) is 18.8. The van der Waals surface area contributed by atoms with Crippen molar-refractivity contribution in [3.05, 3.63) is 73.1 Å². The summed E-state index contributed by atoms with van der Waals surface area (Å²) in [7, 11) is -1.46. The van der Waals surface area contributed by atoms with Crippen LogP contribution in [0.25, 0.3) is 33.4 Å². The van der Waals surface area contributed by atoms with Crippen molar-refractivity contribution in [1.29, 1.82) is 0 Å². The van der Waals surface area contributed by atoms with Crippen molar-refractivity contribution >= 4 is 38.3 Å². The largest absolute Gasteiger partial charge is 0.423 e. The van der Waals surface area contributed by atoms with Crippen LogP contribution >= 0.6 is 0 Å². The number of aromatic nitrogens is 3. The van der Waals surface area contributed by atoms with Crippen molar-refractivity contribution < 1.29 is 12.8 Å². The molecule has 0 aliphatic rings. The van der Waals surface area contributed by atoms with Gasteiger partial charge in [-0.2, -0.15) is 10.1 Å². The van der Waals surface area contributed by atoms with Gasteiger partial charge >= 0.3 is 0 Å². The molecule has 3 N–H and O–H groups in total. The van der Waals surface area contributed by atoms with E-state index in [0.717, 1.165) is 22.3 Å². The van der Waals surface area contributed by atoms with Gasteiger partial charge in [-0.25, -0.2) is 8.42 Å². The van der Waals surface area contributed by atoms with Crippen molar-refractivity contribution in [2.45, 2.75) is 4.90 Å². The van der Waals surface area contributed by atoms with Crippen LogP contribution in [0.2, 0.25) is 0 Å². The predicted molar refractivity (Wildman–Crippen MR) is 129 cm³/mol. The van der Waals surface area contributed by atoms with Gasteiger partial charge in [-0.05, 0) is 35.9 Å². The zero-order valence-electron chi connectivity index (χ0n) is 18.0. The first-order valence-corrected chi connectivity index (χ1v) is 12.0. The van der Waals surface area contributed by atoms with Gasteiger partial charge in [0.15, 0.2) is 15.4 Å². The van der Waals surface area contributed by atoms with Crippen LogP contribution in [0.5, 0.6) is 0 Å². The van der Waals surface area contributed by atoms with Crippen LogP contribution in [-0.2, 0) is 16.9 Å². The van der Waals surface area contributed by atoms with E-state index in [2.05, 4.69) is 15.4 Å². The molecule has 0 aliphatic carbocycles. The number of hydrogen-bond donors (Lipinski definition) is 2. The molecule has 0 fully saturated rings. The number of nitrogens with two attached hydrogens (primary N) is 1. The molecule has 5 rings (SSSR count). The lowest BCUT2D eigenvalue weighted by atomic mass is 9.99. The Labute approximate surface area is 190 Å². The van der Waals surface area contributed by atoms with Crippen LogP contribution in [0.3, 0.4) is 0 Å². The topological polar surface area (TPSA) is 116 Å². The number of nitrogens with one attached hydrogen (secondary N) is 1. The second kappa shape index (κ2) is 7.79. The van der Waals surface area contributed by atoms with Crippen LogP contribution in [0, 0.1) is 0 Å². The highest BCUT2D eigenvalue weighted by Gasteiger charge is 2.14. The maximum Gasteiger partial charge on any atom is 0.300 e. The van der Waals surface area contributed by atoms with E-state index in [4.69, 9.17) is 10.2 Å². The maximum absolute atomic E-state index is 11.8. The van der Waals surface area contributed by atoms with Crippen molar-refractivity contribution in [3.8, 4) is 22.3 Å².